The molecule has 0 radical (unpaired) electrons. The normalized spacial score (nSPS) is 18.1. The van der Waals surface area contributed by atoms with Gasteiger partial charge in [0, 0.05) is 30.4 Å². The van der Waals surface area contributed by atoms with E-state index in [1.807, 2.05) is 59.5 Å². The lowest BCUT2D eigenvalue weighted by molar-refractivity contribution is -0.129. The fourth-order valence-corrected chi connectivity index (χ4v) is 4.25. The first kappa shape index (κ1) is 21.6. The number of hydrogen-bond donors (Lipinski definition) is 2. The second-order valence-corrected chi connectivity index (χ2v) is 8.01. The smallest absolute Gasteiger partial charge is 0.230 e. The number of benzene rings is 2. The van der Waals surface area contributed by atoms with Gasteiger partial charge < -0.3 is 15.0 Å². The molecular weight excluding hydrogens is 404 g/mol. The summed E-state index contributed by atoms with van der Waals surface area (Å²) in [7, 11) is 1.62. The number of ether oxygens (including phenoxy) is 1. The van der Waals surface area contributed by atoms with Gasteiger partial charge in [0.2, 0.25) is 11.8 Å². The Morgan fingerprint density at radius 1 is 1.22 bits per heavy atom. The van der Waals surface area contributed by atoms with Crippen molar-refractivity contribution in [1.29, 1.82) is 0 Å². The molecule has 1 aromatic heterocycles. The average molecular weight is 433 g/mol. The molecule has 2 amide bonds. The molecule has 32 heavy (non-hydrogen) atoms. The zero-order valence-corrected chi connectivity index (χ0v) is 18.4. The van der Waals surface area contributed by atoms with Gasteiger partial charge in [-0.1, -0.05) is 37.6 Å². The highest BCUT2D eigenvalue weighted by molar-refractivity contribution is 5.98. The van der Waals surface area contributed by atoms with Crippen molar-refractivity contribution in [3.63, 3.8) is 0 Å². The Labute approximate surface area is 187 Å². The third-order valence-corrected chi connectivity index (χ3v) is 5.92. The van der Waals surface area contributed by atoms with Crippen molar-refractivity contribution in [3.05, 3.63) is 66.4 Å². The van der Waals surface area contributed by atoms with Gasteiger partial charge in [0.15, 0.2) is 0 Å². The fourth-order valence-electron chi connectivity index (χ4n) is 4.25. The van der Waals surface area contributed by atoms with E-state index in [0.717, 1.165) is 35.4 Å². The van der Waals surface area contributed by atoms with Gasteiger partial charge in [-0.3, -0.25) is 14.7 Å². The van der Waals surface area contributed by atoms with E-state index < -0.39 is 5.92 Å². The minimum absolute atomic E-state index is 0.0191. The van der Waals surface area contributed by atoms with Gasteiger partial charge in [0.25, 0.3) is 0 Å². The van der Waals surface area contributed by atoms with Crippen LogP contribution in [-0.4, -0.2) is 40.6 Å². The first-order valence-electron chi connectivity index (χ1n) is 10.9. The number of methoxy groups -OCH3 is 1. The van der Waals surface area contributed by atoms with Crippen molar-refractivity contribution in [2.45, 2.75) is 32.2 Å². The molecule has 2 N–H and O–H groups in total. The van der Waals surface area contributed by atoms with Crippen molar-refractivity contribution in [2.75, 3.05) is 19.0 Å². The molecule has 2 atom stereocenters. The van der Waals surface area contributed by atoms with Crippen LogP contribution in [0.5, 0.6) is 5.75 Å². The van der Waals surface area contributed by atoms with Gasteiger partial charge in [-0.25, -0.2) is 0 Å². The number of likely N-dealkylation sites (tertiary alicyclic amines) is 1. The highest BCUT2D eigenvalue weighted by Crippen LogP contribution is 2.39. The number of H-pyrrole nitrogens is 1. The summed E-state index contributed by atoms with van der Waals surface area (Å²) < 4.78 is 5.27. The van der Waals surface area contributed by atoms with E-state index in [4.69, 9.17) is 4.74 Å². The van der Waals surface area contributed by atoms with Gasteiger partial charge in [-0.2, -0.15) is 5.10 Å². The number of aromatic amines is 1. The van der Waals surface area contributed by atoms with E-state index in [0.29, 0.717) is 12.2 Å². The summed E-state index contributed by atoms with van der Waals surface area (Å²) >= 11 is 0. The second-order valence-electron chi connectivity index (χ2n) is 8.01. The minimum atomic E-state index is -0.469. The number of carbonyl (C=O) groups excluding carboxylic acids is 2. The maximum absolute atomic E-state index is 13.3. The quantitative estimate of drug-likeness (QED) is 0.552. The fraction of sp³-hybridized carbons (Fsp3) is 0.320. The lowest BCUT2D eigenvalue weighted by atomic mass is 9.92. The Balaban J connectivity index is 1.59. The molecule has 0 saturated carbocycles. The van der Waals surface area contributed by atoms with E-state index in [1.165, 1.54) is 0 Å². The summed E-state index contributed by atoms with van der Waals surface area (Å²) in [6.07, 6.45) is 3.77. The van der Waals surface area contributed by atoms with Gasteiger partial charge in [-0.05, 0) is 42.3 Å². The highest BCUT2D eigenvalue weighted by atomic mass is 16.5. The second kappa shape index (κ2) is 9.68. The van der Waals surface area contributed by atoms with Crippen LogP contribution in [0.4, 0.5) is 5.69 Å². The van der Waals surface area contributed by atoms with Gasteiger partial charge >= 0.3 is 0 Å². The van der Waals surface area contributed by atoms with Gasteiger partial charge in [-0.15, -0.1) is 0 Å². The first-order valence-corrected chi connectivity index (χ1v) is 10.9. The lowest BCUT2D eigenvalue weighted by Gasteiger charge is -2.28. The molecule has 1 aliphatic heterocycles. The summed E-state index contributed by atoms with van der Waals surface area (Å²) in [5.41, 5.74) is 3.44. The summed E-state index contributed by atoms with van der Waals surface area (Å²) in [6.45, 7) is 2.74. The number of anilines is 1. The number of amides is 2. The summed E-state index contributed by atoms with van der Waals surface area (Å²) in [5.74, 6) is 0.143. The maximum Gasteiger partial charge on any atom is 0.230 e. The van der Waals surface area contributed by atoms with Crippen LogP contribution < -0.4 is 10.1 Å². The monoisotopic (exact) mass is 432 g/mol. The molecule has 1 saturated heterocycles. The topological polar surface area (TPSA) is 87.3 Å². The molecule has 0 bridgehead atoms. The van der Waals surface area contributed by atoms with E-state index in [2.05, 4.69) is 22.4 Å². The lowest BCUT2D eigenvalue weighted by Crippen LogP contribution is -2.33. The number of unbranched alkanes of at least 4 members (excludes halogenated alkanes) is 1. The van der Waals surface area contributed by atoms with Crippen LogP contribution in [-0.2, 0) is 9.59 Å². The molecule has 1 fully saturated rings. The van der Waals surface area contributed by atoms with E-state index in [1.54, 1.807) is 13.3 Å². The van der Waals surface area contributed by atoms with Gasteiger partial charge in [0.05, 0.1) is 24.8 Å². The molecule has 0 spiro atoms. The molecule has 7 nitrogen and oxygen atoms in total. The van der Waals surface area contributed by atoms with Crippen LogP contribution in [0.1, 0.15) is 37.8 Å². The number of carbonyl (C=O) groups is 2. The Morgan fingerprint density at radius 2 is 2.03 bits per heavy atom. The Hall–Kier alpha value is -3.61. The van der Waals surface area contributed by atoms with Crippen LogP contribution in [0.2, 0.25) is 0 Å². The van der Waals surface area contributed by atoms with Crippen molar-refractivity contribution in [3.8, 4) is 17.0 Å². The van der Waals surface area contributed by atoms with Crippen LogP contribution in [0.15, 0.2) is 60.8 Å². The highest BCUT2D eigenvalue weighted by Gasteiger charge is 2.44. The first-order chi connectivity index (χ1) is 15.6. The van der Waals surface area contributed by atoms with Crippen molar-refractivity contribution in [1.82, 2.24) is 15.1 Å². The SMILES string of the molecule is CCCCN1C(=O)CC(C(=O)Nc2cccc(-c3ccn[nH]3)c2)C1c1ccc(OC)cc1. The van der Waals surface area contributed by atoms with Crippen LogP contribution in [0, 0.1) is 5.92 Å². The van der Waals surface area contributed by atoms with Gasteiger partial charge in [0.1, 0.15) is 5.75 Å². The number of rotatable bonds is 8. The molecule has 2 unspecified atom stereocenters. The summed E-state index contributed by atoms with van der Waals surface area (Å²) in [6, 6.07) is 16.8. The molecule has 2 aromatic carbocycles. The zero-order chi connectivity index (χ0) is 22.5. The minimum Gasteiger partial charge on any atom is -0.497 e. The molecule has 4 rings (SSSR count). The van der Waals surface area contributed by atoms with E-state index in [-0.39, 0.29) is 24.3 Å². The predicted molar refractivity (Wildman–Crippen MR) is 123 cm³/mol. The van der Waals surface area contributed by atoms with E-state index >= 15 is 0 Å². The number of nitrogens with zero attached hydrogens (tertiary/aromatic N) is 2. The molecule has 166 valence electrons. The van der Waals surface area contributed by atoms with Crippen LogP contribution in [0.25, 0.3) is 11.3 Å². The molecular formula is C25H28N4O3. The van der Waals surface area contributed by atoms with Crippen LogP contribution in [0.3, 0.4) is 0 Å². The molecule has 3 aromatic rings. The van der Waals surface area contributed by atoms with E-state index in [9.17, 15) is 9.59 Å². The molecule has 0 aliphatic carbocycles. The third kappa shape index (κ3) is 4.51. The standard InChI is InChI=1S/C25H28N4O3/c1-3-4-14-29-23(30)16-21(24(29)17-8-10-20(32-2)11-9-17)25(31)27-19-7-5-6-18(15-19)22-12-13-26-28-22/h5-13,15,21,24H,3-4,14,16H2,1-2H3,(H,26,28)(H,27,31). The van der Waals surface area contributed by atoms with Crippen molar-refractivity contribution >= 4 is 17.5 Å². The summed E-state index contributed by atoms with van der Waals surface area (Å²) in [4.78, 5) is 28.1. The largest absolute Gasteiger partial charge is 0.497 e. The van der Waals surface area contributed by atoms with Crippen molar-refractivity contribution < 1.29 is 14.3 Å². The Bertz CT molecular complexity index is 1060. The van der Waals surface area contributed by atoms with Crippen molar-refractivity contribution in [2.24, 2.45) is 5.92 Å². The maximum atomic E-state index is 13.3. The predicted octanol–water partition coefficient (Wildman–Crippen LogP) is 4.41. The molecule has 1 aliphatic rings. The Kier molecular flexibility index (Phi) is 6.54. The number of aromatic nitrogens is 2. The molecule has 7 heteroatoms. The summed E-state index contributed by atoms with van der Waals surface area (Å²) in [5, 5.41) is 9.95. The number of nitrogens with one attached hydrogen (secondary N) is 2. The average Bonchev–Trinajstić information content (AvgIpc) is 3.46. The van der Waals surface area contributed by atoms with Crippen LogP contribution >= 0.6 is 0 Å². The zero-order valence-electron chi connectivity index (χ0n) is 18.4. The third-order valence-electron chi connectivity index (χ3n) is 5.92. The number of hydrogen-bond acceptors (Lipinski definition) is 4. The molecule has 2 heterocycles. The Morgan fingerprint density at radius 3 is 2.72 bits per heavy atom.